The number of benzene rings is 2. The Labute approximate surface area is 144 Å². The summed E-state index contributed by atoms with van der Waals surface area (Å²) in [6, 6.07) is 13.1. The molecule has 0 heterocycles. The second-order valence-corrected chi connectivity index (χ2v) is 6.59. The van der Waals surface area contributed by atoms with Gasteiger partial charge in [0.2, 0.25) is 5.91 Å². The van der Waals surface area contributed by atoms with Crippen molar-refractivity contribution in [3.8, 4) is 11.2 Å². The maximum absolute atomic E-state index is 12.1. The van der Waals surface area contributed by atoms with E-state index in [1.54, 1.807) is 7.11 Å². The molecule has 0 radical (unpaired) electrons. The maximum atomic E-state index is 12.1. The number of amides is 1. The fraction of sp³-hybridized carbons (Fsp3) is 0.176. The van der Waals surface area contributed by atoms with Crippen LogP contribution >= 0.6 is 23.5 Å². The van der Waals surface area contributed by atoms with Gasteiger partial charge in [0.05, 0.1) is 12.9 Å². The SMILES string of the molecule is COc1ccc(SCC(=O)Nc2ccc(SC#N)cc2C)cc1. The molecule has 0 unspecified atom stereocenters. The summed E-state index contributed by atoms with van der Waals surface area (Å²) < 4.78 is 5.10. The average Bonchev–Trinajstić information content (AvgIpc) is 2.56. The summed E-state index contributed by atoms with van der Waals surface area (Å²) in [7, 11) is 1.62. The lowest BCUT2D eigenvalue weighted by atomic mass is 10.2. The molecule has 0 saturated carbocycles. The summed E-state index contributed by atoms with van der Waals surface area (Å²) in [6.07, 6.45) is 0. The summed E-state index contributed by atoms with van der Waals surface area (Å²) >= 11 is 2.58. The Bertz CT molecular complexity index is 724. The summed E-state index contributed by atoms with van der Waals surface area (Å²) in [5, 5.41) is 13.6. The number of anilines is 1. The van der Waals surface area contributed by atoms with Gasteiger partial charge in [0, 0.05) is 15.5 Å². The summed E-state index contributed by atoms with van der Waals surface area (Å²) in [5.74, 6) is 1.07. The van der Waals surface area contributed by atoms with Crippen LogP contribution in [0.4, 0.5) is 5.69 Å². The molecule has 0 spiro atoms. The van der Waals surface area contributed by atoms with Crippen LogP contribution < -0.4 is 10.1 Å². The monoisotopic (exact) mass is 344 g/mol. The zero-order valence-electron chi connectivity index (χ0n) is 12.8. The Hall–Kier alpha value is -2.10. The van der Waals surface area contributed by atoms with Crippen molar-refractivity contribution in [1.29, 1.82) is 5.26 Å². The molecule has 0 aliphatic carbocycles. The van der Waals surface area contributed by atoms with Gasteiger partial charge >= 0.3 is 0 Å². The number of nitriles is 1. The molecule has 6 heteroatoms. The highest BCUT2D eigenvalue weighted by molar-refractivity contribution is 8.03. The number of nitrogens with one attached hydrogen (secondary N) is 1. The lowest BCUT2D eigenvalue weighted by Crippen LogP contribution is -2.14. The average molecular weight is 344 g/mol. The minimum atomic E-state index is -0.0606. The number of carbonyl (C=O) groups is 1. The van der Waals surface area contributed by atoms with Gasteiger partial charge in [-0.3, -0.25) is 4.79 Å². The predicted molar refractivity (Wildman–Crippen MR) is 95.0 cm³/mol. The van der Waals surface area contributed by atoms with Crippen molar-refractivity contribution in [3.05, 3.63) is 48.0 Å². The molecule has 0 aliphatic rings. The van der Waals surface area contributed by atoms with Crippen LogP contribution in [0.2, 0.25) is 0 Å². The van der Waals surface area contributed by atoms with E-state index < -0.39 is 0 Å². The molecular formula is C17H16N2O2S2. The first kappa shape index (κ1) is 17.3. The fourth-order valence-corrected chi connectivity index (χ4v) is 3.08. The number of hydrogen-bond acceptors (Lipinski definition) is 5. The highest BCUT2D eigenvalue weighted by Gasteiger charge is 2.07. The number of methoxy groups -OCH3 is 1. The smallest absolute Gasteiger partial charge is 0.234 e. The summed E-state index contributed by atoms with van der Waals surface area (Å²) in [6.45, 7) is 1.91. The predicted octanol–water partition coefficient (Wildman–Crippen LogP) is 4.31. The van der Waals surface area contributed by atoms with Gasteiger partial charge in [0.1, 0.15) is 11.2 Å². The van der Waals surface area contributed by atoms with E-state index in [4.69, 9.17) is 10.00 Å². The Morgan fingerprint density at radius 1 is 1.22 bits per heavy atom. The molecule has 2 aromatic rings. The van der Waals surface area contributed by atoms with E-state index in [0.717, 1.165) is 38.6 Å². The van der Waals surface area contributed by atoms with E-state index in [1.165, 1.54) is 11.8 Å². The van der Waals surface area contributed by atoms with E-state index in [1.807, 2.05) is 54.8 Å². The second-order valence-electron chi connectivity index (χ2n) is 4.68. The van der Waals surface area contributed by atoms with Crippen molar-refractivity contribution in [2.45, 2.75) is 16.7 Å². The van der Waals surface area contributed by atoms with Gasteiger partial charge in [0.15, 0.2) is 0 Å². The third kappa shape index (κ3) is 5.23. The highest BCUT2D eigenvalue weighted by Crippen LogP contribution is 2.24. The Morgan fingerprint density at radius 3 is 2.52 bits per heavy atom. The molecule has 0 bridgehead atoms. The van der Waals surface area contributed by atoms with E-state index in [9.17, 15) is 4.79 Å². The minimum absolute atomic E-state index is 0.0606. The topological polar surface area (TPSA) is 62.1 Å². The normalized spacial score (nSPS) is 9.96. The Balaban J connectivity index is 1.90. The first-order valence-electron chi connectivity index (χ1n) is 6.85. The standard InChI is InChI=1S/C17H16N2O2S2/c1-12-9-15(23-11-18)7-8-16(12)19-17(20)10-22-14-5-3-13(21-2)4-6-14/h3-9H,10H2,1-2H3,(H,19,20). The highest BCUT2D eigenvalue weighted by atomic mass is 32.2. The molecule has 0 fully saturated rings. The molecular weight excluding hydrogens is 328 g/mol. The number of thiocyanates is 1. The van der Waals surface area contributed by atoms with Crippen molar-refractivity contribution >= 4 is 35.1 Å². The first-order valence-corrected chi connectivity index (χ1v) is 8.66. The largest absolute Gasteiger partial charge is 0.497 e. The number of rotatable bonds is 6. The molecule has 23 heavy (non-hydrogen) atoms. The quantitative estimate of drug-likeness (QED) is 0.625. The van der Waals surface area contributed by atoms with Crippen LogP contribution in [-0.4, -0.2) is 18.8 Å². The lowest BCUT2D eigenvalue weighted by molar-refractivity contribution is -0.113. The lowest BCUT2D eigenvalue weighted by Gasteiger charge is -2.09. The van der Waals surface area contributed by atoms with Crippen LogP contribution in [0.1, 0.15) is 5.56 Å². The van der Waals surface area contributed by atoms with Crippen molar-refractivity contribution in [3.63, 3.8) is 0 Å². The summed E-state index contributed by atoms with van der Waals surface area (Å²) in [5.41, 5.74) is 1.71. The van der Waals surface area contributed by atoms with Crippen LogP contribution in [0.15, 0.2) is 52.3 Å². The van der Waals surface area contributed by atoms with Crippen LogP contribution in [0.3, 0.4) is 0 Å². The van der Waals surface area contributed by atoms with Gasteiger partial charge in [-0.25, -0.2) is 0 Å². The fourth-order valence-electron chi connectivity index (χ4n) is 1.90. The van der Waals surface area contributed by atoms with Crippen molar-refractivity contribution in [2.75, 3.05) is 18.2 Å². The summed E-state index contributed by atoms with van der Waals surface area (Å²) in [4.78, 5) is 13.9. The zero-order valence-corrected chi connectivity index (χ0v) is 14.5. The molecule has 2 aromatic carbocycles. The van der Waals surface area contributed by atoms with E-state index >= 15 is 0 Å². The van der Waals surface area contributed by atoms with Gasteiger partial charge in [-0.05, 0) is 66.7 Å². The van der Waals surface area contributed by atoms with E-state index in [0.29, 0.717) is 5.75 Å². The second kappa shape index (κ2) is 8.51. The molecule has 2 rings (SSSR count). The molecule has 1 N–H and O–H groups in total. The van der Waals surface area contributed by atoms with E-state index in [-0.39, 0.29) is 5.91 Å². The molecule has 118 valence electrons. The molecule has 0 saturated heterocycles. The van der Waals surface area contributed by atoms with Gasteiger partial charge in [-0.2, -0.15) is 5.26 Å². The van der Waals surface area contributed by atoms with Gasteiger partial charge < -0.3 is 10.1 Å². The van der Waals surface area contributed by atoms with Crippen LogP contribution in [-0.2, 0) is 4.79 Å². The van der Waals surface area contributed by atoms with Gasteiger partial charge in [-0.1, -0.05) is 0 Å². The molecule has 1 amide bonds. The number of hydrogen-bond donors (Lipinski definition) is 1. The number of thioether (sulfide) groups is 2. The maximum Gasteiger partial charge on any atom is 0.234 e. The van der Waals surface area contributed by atoms with Crippen molar-refractivity contribution < 1.29 is 9.53 Å². The minimum Gasteiger partial charge on any atom is -0.497 e. The van der Waals surface area contributed by atoms with Crippen LogP contribution in [0.25, 0.3) is 0 Å². The Kier molecular flexibility index (Phi) is 6.39. The number of nitrogens with zero attached hydrogens (tertiary/aromatic N) is 1. The zero-order chi connectivity index (χ0) is 16.7. The molecule has 0 aromatic heterocycles. The van der Waals surface area contributed by atoms with Gasteiger partial charge in [0.25, 0.3) is 0 Å². The molecule has 4 nitrogen and oxygen atoms in total. The molecule has 0 atom stereocenters. The number of carbonyl (C=O) groups excluding carboxylic acids is 1. The van der Waals surface area contributed by atoms with Crippen molar-refractivity contribution in [1.82, 2.24) is 0 Å². The number of aryl methyl sites for hydroxylation is 1. The van der Waals surface area contributed by atoms with E-state index in [2.05, 4.69) is 5.32 Å². The van der Waals surface area contributed by atoms with Gasteiger partial charge in [-0.15, -0.1) is 11.8 Å². The molecule has 0 aliphatic heterocycles. The third-order valence-electron chi connectivity index (χ3n) is 3.06. The van der Waals surface area contributed by atoms with Crippen molar-refractivity contribution in [2.24, 2.45) is 0 Å². The number of ether oxygens (including phenoxy) is 1. The Morgan fingerprint density at radius 2 is 1.91 bits per heavy atom. The van der Waals surface area contributed by atoms with Crippen LogP contribution in [0, 0.1) is 17.6 Å². The van der Waals surface area contributed by atoms with Crippen LogP contribution in [0.5, 0.6) is 5.75 Å². The third-order valence-corrected chi connectivity index (χ3v) is 4.66. The first-order chi connectivity index (χ1) is 11.1.